The van der Waals surface area contributed by atoms with Crippen LogP contribution in [0.25, 0.3) is 0 Å². The molecule has 0 fully saturated rings. The first-order valence-electron chi connectivity index (χ1n) is 5.04. The molecule has 0 spiro atoms. The molecule has 0 aromatic rings. The fourth-order valence-corrected chi connectivity index (χ4v) is 0.751. The normalized spacial score (nSPS) is 11.1. The number of carbonyl (C=O) groups excluding carboxylic acids is 1. The molecule has 0 aromatic carbocycles. The number of ether oxygens (including phenoxy) is 2. The van der Waals surface area contributed by atoms with Crippen molar-refractivity contribution >= 4 is 6.16 Å². The summed E-state index contributed by atoms with van der Waals surface area (Å²) in [4.78, 5) is 11.0. The minimum absolute atomic E-state index is 0.00758. The molecule has 0 aliphatic heterocycles. The van der Waals surface area contributed by atoms with Gasteiger partial charge in [0.15, 0.2) is 0 Å². The summed E-state index contributed by atoms with van der Waals surface area (Å²) in [6.07, 6.45) is 2.14. The zero-order chi connectivity index (χ0) is 11.0. The summed E-state index contributed by atoms with van der Waals surface area (Å²) in [5.41, 5.74) is -0.00758. The average Bonchev–Trinajstić information content (AvgIpc) is 2.08. The summed E-state index contributed by atoms with van der Waals surface area (Å²) < 4.78 is 9.76. The predicted octanol–water partition coefficient (Wildman–Crippen LogP) is 3.19. The molecule has 0 unspecified atom stereocenters. The molecular weight excluding hydrogens is 180 g/mol. The van der Waals surface area contributed by atoms with Crippen molar-refractivity contribution in [2.24, 2.45) is 5.41 Å². The van der Waals surface area contributed by atoms with Gasteiger partial charge in [-0.1, -0.05) is 40.5 Å². The van der Waals surface area contributed by atoms with E-state index in [1.165, 1.54) is 0 Å². The minimum atomic E-state index is -0.566. The van der Waals surface area contributed by atoms with Crippen LogP contribution in [0.1, 0.15) is 40.0 Å². The van der Waals surface area contributed by atoms with Crippen molar-refractivity contribution in [1.82, 2.24) is 0 Å². The number of rotatable bonds is 5. The Morgan fingerprint density at radius 3 is 2.36 bits per heavy atom. The second-order valence-corrected chi connectivity index (χ2v) is 4.51. The summed E-state index contributed by atoms with van der Waals surface area (Å²) >= 11 is 0. The largest absolute Gasteiger partial charge is 0.508 e. The summed E-state index contributed by atoms with van der Waals surface area (Å²) in [5.74, 6) is 0. The lowest BCUT2D eigenvalue weighted by molar-refractivity contribution is 0.0325. The van der Waals surface area contributed by atoms with E-state index in [0.29, 0.717) is 13.2 Å². The maximum Gasteiger partial charge on any atom is 0.508 e. The molecule has 0 aromatic heterocycles. The Morgan fingerprint density at radius 2 is 1.86 bits per heavy atom. The van der Waals surface area contributed by atoms with Gasteiger partial charge in [-0.25, -0.2) is 4.79 Å². The molecule has 0 saturated carbocycles. The Labute approximate surface area is 86.8 Å². The van der Waals surface area contributed by atoms with Crippen LogP contribution in [0.4, 0.5) is 4.79 Å². The molecule has 0 heterocycles. The first-order chi connectivity index (χ1) is 6.45. The van der Waals surface area contributed by atoms with Crippen molar-refractivity contribution in [3.8, 4) is 0 Å². The monoisotopic (exact) mass is 201 g/mol. The predicted molar refractivity (Wildman–Crippen MR) is 56.0 cm³/mol. The Morgan fingerprint density at radius 1 is 1.21 bits per heavy atom. The van der Waals surface area contributed by atoms with Crippen LogP contribution in [0.5, 0.6) is 0 Å². The van der Waals surface area contributed by atoms with E-state index in [4.69, 9.17) is 9.47 Å². The van der Waals surface area contributed by atoms with Crippen LogP contribution in [-0.2, 0) is 9.47 Å². The van der Waals surface area contributed by atoms with Gasteiger partial charge in [0.1, 0.15) is 0 Å². The van der Waals surface area contributed by atoms with E-state index in [1.54, 1.807) is 0 Å². The van der Waals surface area contributed by atoms with Gasteiger partial charge in [-0.3, -0.25) is 0 Å². The average molecular weight is 201 g/mol. The molecular formula is C11H21O3. The van der Waals surface area contributed by atoms with Gasteiger partial charge < -0.3 is 9.47 Å². The standard InChI is InChI=1S/C11H21O3/c1-5-6-7-8-13-10(12)14-9-11(2,3)4/h1,5-9H2,2-4H3. The van der Waals surface area contributed by atoms with Crippen molar-refractivity contribution in [3.05, 3.63) is 6.92 Å². The van der Waals surface area contributed by atoms with Gasteiger partial charge >= 0.3 is 6.16 Å². The lowest BCUT2D eigenvalue weighted by Crippen LogP contribution is -2.19. The Hall–Kier alpha value is -0.730. The number of hydrogen-bond donors (Lipinski definition) is 0. The number of carbonyl (C=O) groups is 1. The summed E-state index contributed by atoms with van der Waals surface area (Å²) in [5, 5.41) is 0. The molecule has 0 saturated heterocycles. The van der Waals surface area contributed by atoms with Crippen molar-refractivity contribution in [1.29, 1.82) is 0 Å². The first kappa shape index (κ1) is 13.3. The van der Waals surface area contributed by atoms with Crippen LogP contribution in [0.15, 0.2) is 0 Å². The molecule has 0 aliphatic carbocycles. The molecule has 14 heavy (non-hydrogen) atoms. The molecule has 0 atom stereocenters. The van der Waals surface area contributed by atoms with Crippen molar-refractivity contribution in [2.45, 2.75) is 40.0 Å². The van der Waals surface area contributed by atoms with Crippen LogP contribution < -0.4 is 0 Å². The quantitative estimate of drug-likeness (QED) is 0.506. The lowest BCUT2D eigenvalue weighted by Gasteiger charge is -2.17. The number of hydrogen-bond acceptors (Lipinski definition) is 3. The topological polar surface area (TPSA) is 35.5 Å². The van der Waals surface area contributed by atoms with Crippen LogP contribution in [0, 0.1) is 12.3 Å². The third kappa shape index (κ3) is 9.36. The molecule has 3 heteroatoms. The summed E-state index contributed by atoms with van der Waals surface area (Å²) in [6, 6.07) is 0. The van der Waals surface area contributed by atoms with E-state index in [1.807, 2.05) is 20.8 Å². The third-order valence-corrected chi connectivity index (χ3v) is 1.49. The molecule has 0 N–H and O–H groups in total. The number of unbranched alkanes of at least 4 members (excludes halogenated alkanes) is 2. The molecule has 0 aliphatic rings. The highest BCUT2D eigenvalue weighted by molar-refractivity contribution is 5.59. The van der Waals surface area contributed by atoms with Crippen LogP contribution in [-0.4, -0.2) is 19.4 Å². The second-order valence-electron chi connectivity index (χ2n) is 4.51. The zero-order valence-electron chi connectivity index (χ0n) is 9.47. The highest BCUT2D eigenvalue weighted by atomic mass is 16.7. The lowest BCUT2D eigenvalue weighted by atomic mass is 9.99. The molecule has 0 bridgehead atoms. The van der Waals surface area contributed by atoms with Gasteiger partial charge in [0.05, 0.1) is 13.2 Å². The maximum absolute atomic E-state index is 11.0. The highest BCUT2D eigenvalue weighted by Gasteiger charge is 2.14. The van der Waals surface area contributed by atoms with E-state index >= 15 is 0 Å². The molecule has 83 valence electrons. The Kier molecular flexibility index (Phi) is 6.34. The SMILES string of the molecule is [CH2]CCCCOC(=O)OCC(C)(C)C. The van der Waals surface area contributed by atoms with Gasteiger partial charge in [0, 0.05) is 0 Å². The Bertz CT molecular complexity index is 158. The fraction of sp³-hybridized carbons (Fsp3) is 0.818. The van der Waals surface area contributed by atoms with Gasteiger partial charge in [-0.2, -0.15) is 0 Å². The zero-order valence-corrected chi connectivity index (χ0v) is 9.47. The molecule has 0 rings (SSSR count). The van der Waals surface area contributed by atoms with Crippen LogP contribution in [0.3, 0.4) is 0 Å². The molecule has 3 nitrogen and oxygen atoms in total. The molecule has 0 amide bonds. The van der Waals surface area contributed by atoms with Gasteiger partial charge in [0.25, 0.3) is 0 Å². The highest BCUT2D eigenvalue weighted by Crippen LogP contribution is 2.13. The third-order valence-electron chi connectivity index (χ3n) is 1.49. The van der Waals surface area contributed by atoms with Gasteiger partial charge in [0.2, 0.25) is 0 Å². The summed E-state index contributed by atoms with van der Waals surface area (Å²) in [7, 11) is 0. The van der Waals surface area contributed by atoms with Gasteiger partial charge in [-0.05, 0) is 11.8 Å². The van der Waals surface area contributed by atoms with E-state index in [0.717, 1.165) is 19.3 Å². The van der Waals surface area contributed by atoms with E-state index in [2.05, 4.69) is 6.92 Å². The van der Waals surface area contributed by atoms with Crippen LogP contribution in [0.2, 0.25) is 0 Å². The summed E-state index contributed by atoms with van der Waals surface area (Å²) in [6.45, 7) is 10.5. The first-order valence-corrected chi connectivity index (χ1v) is 5.04. The van der Waals surface area contributed by atoms with E-state index < -0.39 is 6.16 Å². The maximum atomic E-state index is 11.0. The van der Waals surface area contributed by atoms with Gasteiger partial charge in [-0.15, -0.1) is 0 Å². The van der Waals surface area contributed by atoms with Crippen molar-refractivity contribution in [2.75, 3.05) is 13.2 Å². The second kappa shape index (κ2) is 6.68. The Balaban J connectivity index is 3.38. The minimum Gasteiger partial charge on any atom is -0.434 e. The van der Waals surface area contributed by atoms with Crippen molar-refractivity contribution in [3.63, 3.8) is 0 Å². The molecule has 1 radical (unpaired) electrons. The van der Waals surface area contributed by atoms with Crippen molar-refractivity contribution < 1.29 is 14.3 Å². The van der Waals surface area contributed by atoms with E-state index in [9.17, 15) is 4.79 Å². The smallest absolute Gasteiger partial charge is 0.434 e. The van der Waals surface area contributed by atoms with E-state index in [-0.39, 0.29) is 5.41 Å². The van der Waals surface area contributed by atoms with Crippen LogP contribution >= 0.6 is 0 Å². The fourth-order valence-electron chi connectivity index (χ4n) is 0.751.